The second kappa shape index (κ2) is 14.3. The number of hydrogen-bond donors (Lipinski definition) is 3. The molecule has 52 heavy (non-hydrogen) atoms. The first-order valence-corrected chi connectivity index (χ1v) is 17.5. The molecule has 2 aromatic carbocycles. The Kier molecular flexibility index (Phi) is 10.0. The Labute approximate surface area is 305 Å². The number of para-hydroxylation sites is 1. The van der Waals surface area contributed by atoms with E-state index in [2.05, 4.69) is 36.1 Å². The summed E-state index contributed by atoms with van der Waals surface area (Å²) in [6, 6.07) is 13.7. The number of nitrogens with two attached hydrogens (primary N) is 1. The van der Waals surface area contributed by atoms with Gasteiger partial charge in [0.15, 0.2) is 0 Å². The number of amides is 3. The van der Waals surface area contributed by atoms with Crippen LogP contribution < -0.4 is 17.0 Å². The van der Waals surface area contributed by atoms with Crippen LogP contribution in [0.3, 0.4) is 0 Å². The molecule has 4 heterocycles. The number of imidazole rings is 2. The highest BCUT2D eigenvalue weighted by Gasteiger charge is 2.25. The maximum atomic E-state index is 13.6. The summed E-state index contributed by atoms with van der Waals surface area (Å²) in [4.78, 5) is 48.1. The van der Waals surface area contributed by atoms with Gasteiger partial charge in [-0.25, -0.2) is 0 Å². The summed E-state index contributed by atoms with van der Waals surface area (Å²) < 4.78 is 10.5. The van der Waals surface area contributed by atoms with E-state index in [1.54, 1.807) is 85.9 Å². The molecule has 272 valence electrons. The van der Waals surface area contributed by atoms with E-state index in [9.17, 15) is 24.6 Å². The first-order chi connectivity index (χ1) is 24.7. The summed E-state index contributed by atoms with van der Waals surface area (Å²) in [6.07, 6.45) is -2.80. The van der Waals surface area contributed by atoms with Gasteiger partial charge in [-0.15, -0.1) is 0 Å². The van der Waals surface area contributed by atoms with Gasteiger partial charge >= 0.3 is 0 Å². The molecule has 0 aliphatic rings. The lowest BCUT2D eigenvalue weighted by Crippen LogP contribution is -2.40. The highest BCUT2D eigenvalue weighted by Crippen LogP contribution is 2.24. The van der Waals surface area contributed by atoms with Crippen molar-refractivity contribution in [3.63, 3.8) is 0 Å². The van der Waals surface area contributed by atoms with Crippen LogP contribution in [0.25, 0.3) is 22.1 Å². The van der Waals surface area contributed by atoms with Crippen LogP contribution in [0.5, 0.6) is 0 Å². The highest BCUT2D eigenvalue weighted by atomic mass is 79.9. The van der Waals surface area contributed by atoms with Gasteiger partial charge in [-0.1, -0.05) is 6.07 Å². The molecule has 0 bridgehead atoms. The second-order valence-electron chi connectivity index (χ2n) is 12.6. The van der Waals surface area contributed by atoms with Gasteiger partial charge in [0.05, 0.1) is 58.8 Å². The maximum absolute atomic E-state index is 13.6. The Morgan fingerprint density at radius 1 is 0.769 bits per heavy atom. The van der Waals surface area contributed by atoms with E-state index in [-0.39, 0.29) is 35.6 Å². The Hall–Kier alpha value is -5.39. The van der Waals surface area contributed by atoms with E-state index in [0.29, 0.717) is 51.2 Å². The van der Waals surface area contributed by atoms with Crippen molar-refractivity contribution >= 4 is 55.7 Å². The number of rotatable bonds is 10. The van der Waals surface area contributed by atoms with Gasteiger partial charge in [0.2, 0.25) is 17.1 Å². The zero-order chi connectivity index (χ0) is 37.6. The summed E-state index contributed by atoms with van der Waals surface area (Å²) in [7, 11) is 3.45. The minimum atomic E-state index is -1.41. The van der Waals surface area contributed by atoms with E-state index in [0.717, 1.165) is 5.52 Å². The lowest BCUT2D eigenvalue weighted by atomic mass is 10.1. The van der Waals surface area contributed by atoms with Crippen molar-refractivity contribution in [1.29, 1.82) is 0 Å². The summed E-state index contributed by atoms with van der Waals surface area (Å²) in [5.74, 6) is -1.70. The van der Waals surface area contributed by atoms with Crippen LogP contribution in [0.15, 0.2) is 63.0 Å². The number of aryl methyl sites for hydroxylation is 6. The molecule has 0 saturated heterocycles. The number of hydrogen-bond acceptors (Lipinski definition) is 7. The molecule has 4 aromatic heterocycles. The minimum Gasteiger partial charge on any atom is -0.388 e. The predicted molar refractivity (Wildman–Crippen MR) is 195 cm³/mol. The molecule has 0 radical (unpaired) electrons. The van der Waals surface area contributed by atoms with Gasteiger partial charge < -0.3 is 34.2 Å². The second-order valence-corrected chi connectivity index (χ2v) is 13.4. The molecule has 6 rings (SSSR count). The molecule has 4 N–H and O–H groups in total. The smallest absolute Gasteiger partial charge is 0.298 e. The minimum absolute atomic E-state index is 0.156. The zero-order valence-corrected chi connectivity index (χ0v) is 31.2. The number of aromatic nitrogens is 8. The number of aliphatic hydroxyl groups is 2. The summed E-state index contributed by atoms with van der Waals surface area (Å²) in [5, 5.41) is 32.0. The van der Waals surface area contributed by atoms with Crippen molar-refractivity contribution < 1.29 is 24.6 Å². The molecule has 0 fully saturated rings. The number of carbonyl (C=O) groups is 3. The van der Waals surface area contributed by atoms with Crippen molar-refractivity contribution in [2.24, 2.45) is 29.8 Å². The Morgan fingerprint density at radius 3 is 1.83 bits per heavy atom. The molecule has 3 amide bonds. The highest BCUT2D eigenvalue weighted by molar-refractivity contribution is 9.10. The first-order valence-electron chi connectivity index (χ1n) is 16.7. The molecule has 0 spiro atoms. The van der Waals surface area contributed by atoms with Crippen LogP contribution in [-0.4, -0.2) is 78.0 Å². The fourth-order valence-corrected chi connectivity index (χ4v) is 7.03. The summed E-state index contributed by atoms with van der Waals surface area (Å²) in [5.41, 5.74) is 10.6. The number of carbonyl (C=O) groups excluding carboxylic acids is 3. The van der Waals surface area contributed by atoms with Crippen LogP contribution in [0, 0.1) is 13.8 Å². The third-order valence-corrected chi connectivity index (χ3v) is 9.66. The van der Waals surface area contributed by atoms with Crippen molar-refractivity contribution in [3.8, 4) is 0 Å². The molecule has 0 aliphatic heterocycles. The van der Waals surface area contributed by atoms with Crippen molar-refractivity contribution in [1.82, 2.24) is 37.8 Å². The number of fused-ring (bicyclic) bond motifs is 2. The van der Waals surface area contributed by atoms with E-state index >= 15 is 0 Å². The molecule has 16 nitrogen and oxygen atoms in total. The lowest BCUT2D eigenvalue weighted by molar-refractivity contribution is -0.000166. The molecular weight excluding hydrogens is 734 g/mol. The molecule has 0 saturated carbocycles. The molecular formula is C35H40BrN11O5. The number of primary amides is 1. The van der Waals surface area contributed by atoms with E-state index < -0.39 is 29.9 Å². The van der Waals surface area contributed by atoms with Gasteiger partial charge in [-0.3, -0.25) is 23.7 Å². The van der Waals surface area contributed by atoms with Gasteiger partial charge in [-0.05, 0) is 86.1 Å². The van der Waals surface area contributed by atoms with Gasteiger partial charge in [0, 0.05) is 37.2 Å². The fraction of sp³-hybridized carbons (Fsp3) is 0.343. The van der Waals surface area contributed by atoms with Crippen LogP contribution in [0.1, 0.15) is 56.6 Å². The van der Waals surface area contributed by atoms with Crippen LogP contribution >= 0.6 is 15.9 Å². The Balaban J connectivity index is 1.43. The molecule has 17 heteroatoms. The van der Waals surface area contributed by atoms with Crippen LogP contribution in [-0.2, 0) is 40.3 Å². The van der Waals surface area contributed by atoms with Gasteiger partial charge in [-0.2, -0.15) is 20.2 Å². The molecule has 0 aliphatic carbocycles. The molecule has 6 aromatic rings. The monoisotopic (exact) mass is 773 g/mol. The number of aliphatic hydroxyl groups excluding tert-OH is 2. The molecule has 2 unspecified atom stereocenters. The third-order valence-electron chi connectivity index (χ3n) is 9.02. The largest absolute Gasteiger partial charge is 0.388 e. The SMILES string of the molecule is CCn1nc(C)cc1C(=O)/N=c1\n(C)c2cc(C(N)=O)ccc2n1CC(O)C(O)Cn1/c(=N/C(=O)c2cc(C)nn2CC)n(C)c2cccc(Br)c21. The third kappa shape index (κ3) is 6.57. The maximum Gasteiger partial charge on any atom is 0.298 e. The van der Waals surface area contributed by atoms with E-state index in [1.807, 2.05) is 32.0 Å². The standard InChI is InChI=1S/C35H40BrN11O5/c1-7-46-26(14-19(3)40-46)32(51)38-34-43(6)25-16-21(31(37)50)12-13-23(25)44(34)17-28(48)29(49)18-45-30-22(36)10-9-11-24(30)42(5)35(45)39-33(52)27-15-20(4)41-47(27)8-2/h9-16,28-29,48-49H,7-8,17-18H2,1-6H3,(H2,37,50)/b38-34+,39-35+. The van der Waals surface area contributed by atoms with Gasteiger partial charge in [0.25, 0.3) is 11.8 Å². The average molecular weight is 775 g/mol. The molecule has 2 atom stereocenters. The number of benzene rings is 2. The predicted octanol–water partition coefficient (Wildman–Crippen LogP) is 2.09. The average Bonchev–Trinajstić information content (AvgIpc) is 3.83. The zero-order valence-electron chi connectivity index (χ0n) is 29.6. The van der Waals surface area contributed by atoms with Crippen molar-refractivity contribution in [2.75, 3.05) is 0 Å². The fourth-order valence-electron chi connectivity index (χ4n) is 6.46. The lowest BCUT2D eigenvalue weighted by Gasteiger charge is -2.20. The van der Waals surface area contributed by atoms with Crippen molar-refractivity contribution in [2.45, 2.75) is 66.1 Å². The summed E-state index contributed by atoms with van der Waals surface area (Å²) >= 11 is 3.61. The normalized spacial score (nSPS) is 13.8. The Morgan fingerprint density at radius 2 is 1.29 bits per heavy atom. The Bertz CT molecular complexity index is 2530. The summed E-state index contributed by atoms with van der Waals surface area (Å²) in [6.45, 7) is 7.92. The van der Waals surface area contributed by atoms with E-state index in [4.69, 9.17) is 5.73 Å². The topological polar surface area (TPSA) is 198 Å². The number of nitrogens with zero attached hydrogens (tertiary/aromatic N) is 10. The van der Waals surface area contributed by atoms with Crippen LogP contribution in [0.4, 0.5) is 0 Å². The van der Waals surface area contributed by atoms with E-state index in [1.165, 1.54) is 0 Å². The number of halogens is 1. The quantitative estimate of drug-likeness (QED) is 0.189. The van der Waals surface area contributed by atoms with Crippen molar-refractivity contribution in [3.05, 3.63) is 92.6 Å². The first kappa shape index (κ1) is 36.4. The van der Waals surface area contributed by atoms with Gasteiger partial charge in [0.1, 0.15) is 11.4 Å². The van der Waals surface area contributed by atoms with Crippen LogP contribution in [0.2, 0.25) is 0 Å².